The average Bonchev–Trinajstić information content (AvgIpc) is 2.49. The van der Waals surface area contributed by atoms with E-state index in [9.17, 15) is 0 Å². The second-order valence-electron chi connectivity index (χ2n) is 5.09. The van der Waals surface area contributed by atoms with Gasteiger partial charge in [0, 0.05) is 20.8 Å². The Morgan fingerprint density at radius 2 is 1.11 bits per heavy atom. The first-order valence-electron chi connectivity index (χ1n) is 7.53. The third kappa shape index (κ3) is 18.6. The molecule has 0 saturated carbocycles. The van der Waals surface area contributed by atoms with Gasteiger partial charge in [-0.2, -0.15) is 0 Å². The van der Waals surface area contributed by atoms with Crippen LogP contribution in [0.15, 0.2) is 42.5 Å². The van der Waals surface area contributed by atoms with Crippen molar-refractivity contribution in [3.05, 3.63) is 53.1 Å². The summed E-state index contributed by atoms with van der Waals surface area (Å²) in [5.41, 5.74) is 3.90. The molecule has 0 spiro atoms. The Hall–Kier alpha value is -1.94. The first kappa shape index (κ1) is 27.3. The second-order valence-corrected chi connectivity index (χ2v) is 7.62. The molecular formula is C19H22ClO6Pb. The molecule has 0 amide bonds. The molecule has 27 heavy (non-hydrogen) atoms. The Morgan fingerprint density at radius 1 is 0.778 bits per heavy atom. The molecule has 0 saturated heterocycles. The molecule has 6 nitrogen and oxygen atoms in total. The fourth-order valence-electron chi connectivity index (χ4n) is 1.44. The van der Waals surface area contributed by atoms with Crippen LogP contribution in [-0.2, 0) is 14.4 Å². The summed E-state index contributed by atoms with van der Waals surface area (Å²) in [6, 6.07) is 14.6. The first-order valence-corrected chi connectivity index (χ1v) is 9.85. The molecule has 2 aromatic rings. The van der Waals surface area contributed by atoms with E-state index in [-0.39, 0.29) is 0 Å². The summed E-state index contributed by atoms with van der Waals surface area (Å²) >= 11 is 6.96. The molecule has 0 heterocycles. The Labute approximate surface area is 179 Å². The van der Waals surface area contributed by atoms with Crippen molar-refractivity contribution in [2.24, 2.45) is 0 Å². The standard InChI is InChI=1S/C13H10Cl.3C2H4O2.Pb/c1-10-2-4-11(5-3-10)12-6-8-13(14)9-7-12;3*1-2(3)4;/h2,4-9H,1H3;3*1H3,(H,3,4);. The minimum atomic E-state index is -0.833. The molecule has 3 N–H and O–H groups in total. The van der Waals surface area contributed by atoms with E-state index in [0.29, 0.717) is 0 Å². The zero-order valence-corrected chi connectivity index (χ0v) is 20.1. The summed E-state index contributed by atoms with van der Waals surface area (Å²) < 4.78 is 1.46. The number of hydrogen-bond donors (Lipinski definition) is 3. The molecular weight excluding hydrogens is 567 g/mol. The van der Waals surface area contributed by atoms with Crippen LogP contribution in [-0.4, -0.2) is 59.0 Å². The minimum absolute atomic E-state index is 0.789. The van der Waals surface area contributed by atoms with Gasteiger partial charge in [-0.3, -0.25) is 14.4 Å². The molecule has 3 radical (unpaired) electrons. The van der Waals surface area contributed by atoms with Crippen molar-refractivity contribution in [2.75, 3.05) is 0 Å². The third-order valence-corrected chi connectivity index (χ3v) is 4.76. The summed E-state index contributed by atoms with van der Waals surface area (Å²) in [4.78, 5) is 27.0. The maximum absolute atomic E-state index is 9.00. The fourth-order valence-corrected chi connectivity index (χ4v) is 2.50. The molecule has 0 bridgehead atoms. The quantitative estimate of drug-likeness (QED) is 0.441. The van der Waals surface area contributed by atoms with Gasteiger partial charge in [-0.25, -0.2) is 0 Å². The number of carboxylic acid groups (broad SMARTS) is 3. The van der Waals surface area contributed by atoms with Gasteiger partial charge in [0.1, 0.15) is 0 Å². The zero-order chi connectivity index (χ0) is 21.6. The number of aryl methyl sites for hydroxylation is 1. The van der Waals surface area contributed by atoms with Crippen LogP contribution in [0.2, 0.25) is 5.02 Å². The summed E-state index contributed by atoms with van der Waals surface area (Å²) in [6.45, 7) is 5.41. The maximum atomic E-state index is 9.00. The van der Waals surface area contributed by atoms with Crippen LogP contribution in [0.3, 0.4) is 0 Å². The van der Waals surface area contributed by atoms with E-state index in [1.807, 2.05) is 12.1 Å². The molecule has 2 aromatic carbocycles. The number of rotatable bonds is 1. The molecule has 0 fully saturated rings. The van der Waals surface area contributed by atoms with Crippen molar-refractivity contribution >= 4 is 58.4 Å². The topological polar surface area (TPSA) is 112 Å². The zero-order valence-electron chi connectivity index (χ0n) is 15.5. The molecule has 2 rings (SSSR count). The van der Waals surface area contributed by atoms with Crippen molar-refractivity contribution in [3.63, 3.8) is 0 Å². The van der Waals surface area contributed by atoms with Gasteiger partial charge in [0.15, 0.2) is 0 Å². The number of carboxylic acids is 3. The van der Waals surface area contributed by atoms with E-state index in [1.54, 1.807) is 0 Å². The molecule has 145 valence electrons. The third-order valence-electron chi connectivity index (χ3n) is 2.42. The predicted octanol–water partition coefficient (Wildman–Crippen LogP) is 3.38. The van der Waals surface area contributed by atoms with Gasteiger partial charge in [-0.1, -0.05) is 0 Å². The van der Waals surface area contributed by atoms with Crippen LogP contribution in [0.25, 0.3) is 11.1 Å². The van der Waals surface area contributed by atoms with Crippen molar-refractivity contribution < 1.29 is 29.7 Å². The van der Waals surface area contributed by atoms with Crippen LogP contribution < -0.4 is 3.12 Å². The molecule has 0 aliphatic heterocycles. The SMILES string of the molecule is CC(=O)O.CC(=O)O.CC(=O)O.Cc1ccc(-c2ccc(Cl)cc2)c[c]1[Pb]. The summed E-state index contributed by atoms with van der Waals surface area (Å²) in [5.74, 6) is -2.50. The van der Waals surface area contributed by atoms with E-state index in [1.165, 1.54) is 19.8 Å². The van der Waals surface area contributed by atoms with Gasteiger partial charge >= 0.3 is 112 Å². The van der Waals surface area contributed by atoms with Crippen LogP contribution >= 0.6 is 11.6 Å². The Kier molecular flexibility index (Phi) is 15.3. The van der Waals surface area contributed by atoms with E-state index < -0.39 is 17.9 Å². The Balaban J connectivity index is 0. The van der Waals surface area contributed by atoms with Crippen molar-refractivity contribution in [1.29, 1.82) is 0 Å². The van der Waals surface area contributed by atoms with Gasteiger partial charge in [-0.15, -0.1) is 0 Å². The number of carbonyl (C=O) groups is 3. The molecule has 0 unspecified atom stereocenters. The van der Waals surface area contributed by atoms with E-state index in [0.717, 1.165) is 51.6 Å². The fraction of sp³-hybridized carbons (Fsp3) is 0.211. The van der Waals surface area contributed by atoms with Gasteiger partial charge in [-0.05, 0) is 0 Å². The summed E-state index contributed by atoms with van der Waals surface area (Å²) in [5, 5.41) is 23.0. The molecule has 0 aromatic heterocycles. The Bertz CT molecular complexity index is 704. The van der Waals surface area contributed by atoms with E-state index in [4.69, 9.17) is 41.3 Å². The van der Waals surface area contributed by atoms with Crippen LogP contribution in [0.5, 0.6) is 0 Å². The molecule has 0 aliphatic carbocycles. The predicted molar refractivity (Wildman–Crippen MR) is 107 cm³/mol. The van der Waals surface area contributed by atoms with E-state index >= 15 is 0 Å². The van der Waals surface area contributed by atoms with Crippen molar-refractivity contribution in [2.45, 2.75) is 27.7 Å². The van der Waals surface area contributed by atoms with Crippen LogP contribution in [0.1, 0.15) is 26.3 Å². The van der Waals surface area contributed by atoms with Crippen LogP contribution in [0, 0.1) is 6.92 Å². The van der Waals surface area contributed by atoms with Gasteiger partial charge in [0.2, 0.25) is 0 Å². The monoisotopic (exact) mass is 589 g/mol. The van der Waals surface area contributed by atoms with Gasteiger partial charge in [0.05, 0.1) is 0 Å². The normalized spacial score (nSPS) is 8.52. The second kappa shape index (κ2) is 15.2. The molecule has 0 aliphatic rings. The first-order chi connectivity index (χ1) is 12.4. The number of hydrogen-bond acceptors (Lipinski definition) is 3. The van der Waals surface area contributed by atoms with Crippen LogP contribution in [0.4, 0.5) is 0 Å². The van der Waals surface area contributed by atoms with Gasteiger partial charge in [0.25, 0.3) is 17.9 Å². The number of halogens is 1. The molecule has 0 atom stereocenters. The number of benzene rings is 2. The summed E-state index contributed by atoms with van der Waals surface area (Å²) in [7, 11) is 0. The van der Waals surface area contributed by atoms with Crippen molar-refractivity contribution in [3.8, 4) is 11.1 Å². The number of aliphatic carboxylic acids is 3. The average molecular weight is 589 g/mol. The Morgan fingerprint density at radius 3 is 1.44 bits per heavy atom. The van der Waals surface area contributed by atoms with Gasteiger partial charge < -0.3 is 15.3 Å². The van der Waals surface area contributed by atoms with Crippen molar-refractivity contribution in [1.82, 2.24) is 0 Å². The summed E-state index contributed by atoms with van der Waals surface area (Å²) in [6.07, 6.45) is 0. The molecule has 8 heteroatoms. The van der Waals surface area contributed by atoms with E-state index in [2.05, 4.69) is 37.3 Å².